The molecule has 2 aromatic rings. The van der Waals surface area contributed by atoms with Crippen molar-refractivity contribution in [3.05, 3.63) is 75.3 Å². The van der Waals surface area contributed by atoms with Crippen LogP contribution in [0.25, 0.3) is 0 Å². The molecule has 4 rings (SSSR count). The van der Waals surface area contributed by atoms with E-state index in [0.29, 0.717) is 43.4 Å². The number of carbonyl (C=O) groups excluding carboxylic acids is 1. The Kier molecular flexibility index (Phi) is 5.00. The van der Waals surface area contributed by atoms with Crippen molar-refractivity contribution in [3.8, 4) is 0 Å². The molecule has 1 saturated heterocycles. The summed E-state index contributed by atoms with van der Waals surface area (Å²) in [6.45, 7) is 2.11. The van der Waals surface area contributed by atoms with Gasteiger partial charge in [-0.05, 0) is 31.2 Å². The van der Waals surface area contributed by atoms with Gasteiger partial charge in [0, 0.05) is 42.7 Å². The van der Waals surface area contributed by atoms with Gasteiger partial charge in [0.1, 0.15) is 0 Å². The van der Waals surface area contributed by atoms with E-state index in [1.807, 2.05) is 30.3 Å². The number of rotatable bonds is 4. The Morgan fingerprint density at radius 1 is 1.11 bits per heavy atom. The lowest BCUT2D eigenvalue weighted by Gasteiger charge is -2.40. The maximum Gasteiger partial charge on any atom is 0.273 e. The average Bonchev–Trinajstić information content (AvgIpc) is 2.72. The molecule has 0 bridgehead atoms. The summed E-state index contributed by atoms with van der Waals surface area (Å²) in [6, 6.07) is 14.5. The first-order valence-electron chi connectivity index (χ1n) is 9.79. The molecule has 2 aliphatic rings. The first-order valence-corrected chi connectivity index (χ1v) is 9.79. The fraction of sp³-hybridized carbons (Fsp3) is 0.409. The van der Waals surface area contributed by atoms with Crippen LogP contribution in [-0.2, 0) is 12.0 Å². The molecule has 1 atom stereocenters. The average molecular weight is 380 g/mol. The van der Waals surface area contributed by atoms with E-state index >= 15 is 0 Å². The van der Waals surface area contributed by atoms with Gasteiger partial charge < -0.3 is 10.0 Å². The minimum Gasteiger partial charge on any atom is -0.385 e. The molecule has 0 aromatic heterocycles. The van der Waals surface area contributed by atoms with Crippen LogP contribution in [0.15, 0.2) is 48.5 Å². The summed E-state index contributed by atoms with van der Waals surface area (Å²) in [5.74, 6) is -0.133. The number of likely N-dealkylation sites (tertiary alicyclic amines) is 1. The van der Waals surface area contributed by atoms with E-state index in [9.17, 15) is 20.0 Å². The van der Waals surface area contributed by atoms with Crippen LogP contribution in [0, 0.1) is 16.0 Å². The summed E-state index contributed by atoms with van der Waals surface area (Å²) in [5.41, 5.74) is 1.27. The highest BCUT2D eigenvalue weighted by Crippen LogP contribution is 2.35. The highest BCUT2D eigenvalue weighted by molar-refractivity contribution is 6.01. The van der Waals surface area contributed by atoms with Crippen LogP contribution in [0.3, 0.4) is 0 Å². The Morgan fingerprint density at radius 3 is 2.50 bits per heavy atom. The Hall–Kier alpha value is -2.57. The summed E-state index contributed by atoms with van der Waals surface area (Å²) in [7, 11) is 0. The van der Waals surface area contributed by atoms with E-state index in [-0.39, 0.29) is 17.4 Å². The summed E-state index contributed by atoms with van der Waals surface area (Å²) >= 11 is 0. The fourth-order valence-corrected chi connectivity index (χ4v) is 4.54. The van der Waals surface area contributed by atoms with Crippen molar-refractivity contribution in [3.63, 3.8) is 0 Å². The zero-order valence-corrected chi connectivity index (χ0v) is 15.7. The van der Waals surface area contributed by atoms with Gasteiger partial charge in [-0.1, -0.05) is 42.5 Å². The first-order chi connectivity index (χ1) is 13.5. The molecule has 28 heavy (non-hydrogen) atoms. The lowest BCUT2D eigenvalue weighted by Crippen LogP contribution is -2.45. The number of hydrogen-bond acceptors (Lipinski definition) is 5. The summed E-state index contributed by atoms with van der Waals surface area (Å²) in [5, 5.41) is 22.2. The van der Waals surface area contributed by atoms with Crippen molar-refractivity contribution in [1.82, 2.24) is 4.90 Å². The van der Waals surface area contributed by atoms with E-state index in [0.717, 1.165) is 18.7 Å². The molecule has 1 fully saturated rings. The minimum absolute atomic E-state index is 0.00819. The Bertz CT molecular complexity index is 889. The number of carbonyl (C=O) groups is 1. The zero-order valence-electron chi connectivity index (χ0n) is 15.7. The van der Waals surface area contributed by atoms with Crippen LogP contribution in [-0.4, -0.2) is 40.3 Å². The van der Waals surface area contributed by atoms with Crippen LogP contribution >= 0.6 is 0 Å². The van der Waals surface area contributed by atoms with Crippen LogP contribution in [0.4, 0.5) is 5.69 Å². The molecule has 146 valence electrons. The van der Waals surface area contributed by atoms with Gasteiger partial charge in [0.25, 0.3) is 5.69 Å². The quantitative estimate of drug-likeness (QED) is 0.650. The lowest BCUT2D eigenvalue weighted by atomic mass is 9.80. The minimum atomic E-state index is -0.804. The molecule has 6 heteroatoms. The molecule has 1 aliphatic carbocycles. The van der Waals surface area contributed by atoms with Gasteiger partial charge in [0.15, 0.2) is 5.78 Å². The number of nitro benzene ring substituents is 1. The van der Waals surface area contributed by atoms with Gasteiger partial charge >= 0.3 is 0 Å². The highest BCUT2D eigenvalue weighted by atomic mass is 16.6. The van der Waals surface area contributed by atoms with Crippen molar-refractivity contribution in [1.29, 1.82) is 0 Å². The number of benzene rings is 2. The third-order valence-electron chi connectivity index (χ3n) is 6.20. The standard InChI is InChI=1S/C22H24N2O4/c25-21-16(9-10-18-19(21)7-4-8-20(18)24(27)28)15-23-13-11-22(26,12-14-23)17-5-2-1-3-6-17/h1-8,16,26H,9-15H2. The topological polar surface area (TPSA) is 83.7 Å². The van der Waals surface area contributed by atoms with E-state index in [2.05, 4.69) is 4.90 Å². The van der Waals surface area contributed by atoms with Crippen LogP contribution < -0.4 is 0 Å². The molecule has 6 nitrogen and oxygen atoms in total. The van der Waals surface area contributed by atoms with Gasteiger partial charge in [0.05, 0.1) is 10.5 Å². The zero-order chi connectivity index (χ0) is 19.7. The van der Waals surface area contributed by atoms with Crippen molar-refractivity contribution >= 4 is 11.5 Å². The third kappa shape index (κ3) is 3.45. The lowest BCUT2D eigenvalue weighted by molar-refractivity contribution is -0.385. The highest BCUT2D eigenvalue weighted by Gasteiger charge is 2.37. The third-order valence-corrected chi connectivity index (χ3v) is 6.20. The second-order valence-corrected chi connectivity index (χ2v) is 7.86. The van der Waals surface area contributed by atoms with Gasteiger partial charge in [-0.2, -0.15) is 0 Å². The molecule has 1 N–H and O–H groups in total. The number of nitro groups is 1. The monoisotopic (exact) mass is 380 g/mol. The molecular formula is C22H24N2O4. The fourth-order valence-electron chi connectivity index (χ4n) is 4.54. The van der Waals surface area contributed by atoms with Gasteiger partial charge in [-0.25, -0.2) is 0 Å². The van der Waals surface area contributed by atoms with E-state index in [1.54, 1.807) is 12.1 Å². The second-order valence-electron chi connectivity index (χ2n) is 7.86. The van der Waals surface area contributed by atoms with Gasteiger partial charge in [-0.3, -0.25) is 14.9 Å². The molecule has 0 amide bonds. The predicted octanol–water partition coefficient (Wildman–Crippen LogP) is 3.32. The van der Waals surface area contributed by atoms with Gasteiger partial charge in [-0.15, -0.1) is 0 Å². The van der Waals surface area contributed by atoms with Crippen LogP contribution in [0.1, 0.15) is 40.7 Å². The number of Topliss-reactive ketones (excluding diaryl/α,β-unsaturated/α-hetero) is 1. The van der Waals surface area contributed by atoms with Crippen molar-refractivity contribution in [2.75, 3.05) is 19.6 Å². The predicted molar refractivity (Wildman–Crippen MR) is 105 cm³/mol. The maximum absolute atomic E-state index is 12.9. The number of fused-ring (bicyclic) bond motifs is 1. The maximum atomic E-state index is 12.9. The van der Waals surface area contributed by atoms with Crippen molar-refractivity contribution < 1.29 is 14.8 Å². The molecule has 1 heterocycles. The summed E-state index contributed by atoms with van der Waals surface area (Å²) in [4.78, 5) is 26.0. The van der Waals surface area contributed by atoms with Crippen LogP contribution in [0.5, 0.6) is 0 Å². The molecule has 0 saturated carbocycles. The first kappa shape index (κ1) is 18.8. The SMILES string of the molecule is O=C1c2cccc([N+](=O)[O-])c2CCC1CN1CCC(O)(c2ccccc2)CC1. The number of hydrogen-bond donors (Lipinski definition) is 1. The van der Waals surface area contributed by atoms with Gasteiger partial charge in [0.2, 0.25) is 0 Å². The molecule has 0 spiro atoms. The van der Waals surface area contributed by atoms with E-state index in [1.165, 1.54) is 6.07 Å². The van der Waals surface area contributed by atoms with Crippen molar-refractivity contribution in [2.24, 2.45) is 5.92 Å². The molecule has 2 aromatic carbocycles. The van der Waals surface area contributed by atoms with E-state index in [4.69, 9.17) is 0 Å². The second kappa shape index (κ2) is 7.45. The molecule has 1 aliphatic heterocycles. The summed E-state index contributed by atoms with van der Waals surface area (Å²) in [6.07, 6.45) is 2.47. The van der Waals surface area contributed by atoms with Crippen LogP contribution in [0.2, 0.25) is 0 Å². The Morgan fingerprint density at radius 2 is 1.82 bits per heavy atom. The number of nitrogens with zero attached hydrogens (tertiary/aromatic N) is 2. The Labute approximate surface area is 163 Å². The molecular weight excluding hydrogens is 356 g/mol. The molecule has 0 radical (unpaired) electrons. The van der Waals surface area contributed by atoms with E-state index < -0.39 is 10.5 Å². The number of ketones is 1. The smallest absolute Gasteiger partial charge is 0.273 e. The largest absolute Gasteiger partial charge is 0.385 e. The van der Waals surface area contributed by atoms with Crippen molar-refractivity contribution in [2.45, 2.75) is 31.3 Å². The number of aliphatic hydroxyl groups is 1. The number of piperidine rings is 1. The normalized spacial score (nSPS) is 21.9. The summed E-state index contributed by atoms with van der Waals surface area (Å²) < 4.78 is 0. The Balaban J connectivity index is 1.42. The molecule has 1 unspecified atom stereocenters.